The predicted molar refractivity (Wildman–Crippen MR) is 72.8 cm³/mol. The number of carbonyl (C=O) groups excluding carboxylic acids is 1. The molecule has 0 aliphatic carbocycles. The van der Waals surface area contributed by atoms with Crippen molar-refractivity contribution in [3.05, 3.63) is 36.2 Å². The number of hydrogen-bond acceptors (Lipinski definition) is 3. The molecule has 0 saturated carbocycles. The monoisotopic (exact) mass is 259 g/mol. The summed E-state index contributed by atoms with van der Waals surface area (Å²) < 4.78 is 1.59. The van der Waals surface area contributed by atoms with Gasteiger partial charge in [-0.15, -0.1) is 0 Å². The average Bonchev–Trinajstić information content (AvgIpc) is 2.81. The van der Waals surface area contributed by atoms with Gasteiger partial charge in [-0.1, -0.05) is 12.1 Å². The van der Waals surface area contributed by atoms with Crippen LogP contribution in [0.5, 0.6) is 5.75 Å². The number of likely N-dealkylation sites (N-methyl/N-ethyl adjacent to an activating group) is 1. The highest BCUT2D eigenvalue weighted by Gasteiger charge is 2.08. The lowest BCUT2D eigenvalue weighted by molar-refractivity contribution is -0.129. The van der Waals surface area contributed by atoms with Gasteiger partial charge in [0, 0.05) is 25.9 Å². The van der Waals surface area contributed by atoms with E-state index in [1.165, 1.54) is 4.90 Å². The van der Waals surface area contributed by atoms with Crippen LogP contribution in [-0.2, 0) is 11.3 Å². The highest BCUT2D eigenvalue weighted by atomic mass is 16.3. The maximum Gasteiger partial charge on any atom is 0.243 e. The van der Waals surface area contributed by atoms with Gasteiger partial charge in [-0.05, 0) is 24.1 Å². The topological polar surface area (TPSA) is 58.4 Å². The third-order valence-corrected chi connectivity index (χ3v) is 2.97. The third-order valence-electron chi connectivity index (χ3n) is 2.97. The van der Waals surface area contributed by atoms with Gasteiger partial charge < -0.3 is 10.0 Å². The number of aromatic nitrogens is 2. The standard InChI is InChI=1S/C14H17N3O2/c1-10-4-5-11(6-13(10)18)12-7-15-17(8-12)9-14(19)16(2)3/h4-8,18H,9H2,1-3H3. The molecule has 1 heterocycles. The van der Waals surface area contributed by atoms with Crippen molar-refractivity contribution in [2.75, 3.05) is 14.1 Å². The minimum Gasteiger partial charge on any atom is -0.508 e. The zero-order valence-electron chi connectivity index (χ0n) is 11.3. The fraction of sp³-hybridized carbons (Fsp3) is 0.286. The molecule has 0 radical (unpaired) electrons. The molecule has 0 aliphatic rings. The molecule has 0 fully saturated rings. The van der Waals surface area contributed by atoms with Crippen LogP contribution in [0.4, 0.5) is 0 Å². The summed E-state index contributed by atoms with van der Waals surface area (Å²) in [5, 5.41) is 13.9. The Morgan fingerprint density at radius 3 is 2.74 bits per heavy atom. The first-order valence-electron chi connectivity index (χ1n) is 6.00. The number of nitrogens with zero attached hydrogens (tertiary/aromatic N) is 3. The Kier molecular flexibility index (Phi) is 3.55. The van der Waals surface area contributed by atoms with Crippen molar-refractivity contribution < 1.29 is 9.90 Å². The van der Waals surface area contributed by atoms with Gasteiger partial charge in [0.25, 0.3) is 0 Å². The quantitative estimate of drug-likeness (QED) is 0.911. The van der Waals surface area contributed by atoms with Crippen molar-refractivity contribution in [1.82, 2.24) is 14.7 Å². The van der Waals surface area contributed by atoms with Gasteiger partial charge in [0.1, 0.15) is 12.3 Å². The molecular formula is C14H17N3O2. The zero-order valence-corrected chi connectivity index (χ0v) is 11.3. The zero-order chi connectivity index (χ0) is 14.0. The summed E-state index contributed by atoms with van der Waals surface area (Å²) >= 11 is 0. The van der Waals surface area contributed by atoms with Crippen LogP contribution in [0.3, 0.4) is 0 Å². The smallest absolute Gasteiger partial charge is 0.243 e. The Morgan fingerprint density at radius 2 is 2.11 bits per heavy atom. The van der Waals surface area contributed by atoms with Gasteiger partial charge in [0.05, 0.1) is 6.20 Å². The van der Waals surface area contributed by atoms with Gasteiger partial charge in [-0.2, -0.15) is 5.10 Å². The highest BCUT2D eigenvalue weighted by Crippen LogP contribution is 2.25. The molecule has 100 valence electrons. The molecule has 2 rings (SSSR count). The molecule has 0 bridgehead atoms. The van der Waals surface area contributed by atoms with E-state index in [4.69, 9.17) is 0 Å². The lowest BCUT2D eigenvalue weighted by atomic mass is 10.1. The summed E-state index contributed by atoms with van der Waals surface area (Å²) in [5.41, 5.74) is 2.59. The van der Waals surface area contributed by atoms with E-state index in [-0.39, 0.29) is 18.2 Å². The first kappa shape index (κ1) is 13.1. The molecular weight excluding hydrogens is 242 g/mol. The average molecular weight is 259 g/mol. The maximum atomic E-state index is 11.6. The number of benzene rings is 1. The summed E-state index contributed by atoms with van der Waals surface area (Å²) in [6.45, 7) is 2.06. The van der Waals surface area contributed by atoms with E-state index >= 15 is 0 Å². The molecule has 0 unspecified atom stereocenters. The summed E-state index contributed by atoms with van der Waals surface area (Å²) in [5.74, 6) is 0.246. The van der Waals surface area contributed by atoms with Crippen molar-refractivity contribution in [2.24, 2.45) is 0 Å². The number of aryl methyl sites for hydroxylation is 1. The van der Waals surface area contributed by atoms with Crippen LogP contribution < -0.4 is 0 Å². The van der Waals surface area contributed by atoms with Crippen molar-refractivity contribution in [1.29, 1.82) is 0 Å². The van der Waals surface area contributed by atoms with E-state index in [2.05, 4.69) is 5.10 Å². The van der Waals surface area contributed by atoms with Gasteiger partial charge in [-0.3, -0.25) is 9.48 Å². The second kappa shape index (κ2) is 5.14. The number of rotatable bonds is 3. The van der Waals surface area contributed by atoms with Gasteiger partial charge >= 0.3 is 0 Å². The summed E-state index contributed by atoms with van der Waals surface area (Å²) in [7, 11) is 3.43. The van der Waals surface area contributed by atoms with Crippen molar-refractivity contribution in [3.63, 3.8) is 0 Å². The Labute approximate surface area is 112 Å². The SMILES string of the molecule is Cc1ccc(-c2cnn(CC(=O)N(C)C)c2)cc1O. The number of carbonyl (C=O) groups is 1. The third kappa shape index (κ3) is 2.93. The van der Waals surface area contributed by atoms with Crippen LogP contribution in [0.25, 0.3) is 11.1 Å². The van der Waals surface area contributed by atoms with E-state index in [0.717, 1.165) is 16.7 Å². The normalized spacial score (nSPS) is 10.5. The molecule has 5 nitrogen and oxygen atoms in total. The first-order valence-corrected chi connectivity index (χ1v) is 6.00. The Morgan fingerprint density at radius 1 is 1.37 bits per heavy atom. The molecule has 1 N–H and O–H groups in total. The van der Waals surface area contributed by atoms with Crippen molar-refractivity contribution in [2.45, 2.75) is 13.5 Å². The molecule has 5 heteroatoms. The fourth-order valence-corrected chi connectivity index (χ4v) is 1.67. The number of hydrogen-bond donors (Lipinski definition) is 1. The summed E-state index contributed by atoms with van der Waals surface area (Å²) in [4.78, 5) is 13.1. The van der Waals surface area contributed by atoms with E-state index < -0.39 is 0 Å². The van der Waals surface area contributed by atoms with E-state index in [0.29, 0.717) is 0 Å². The number of phenols is 1. The Hall–Kier alpha value is -2.30. The van der Waals surface area contributed by atoms with Gasteiger partial charge in [-0.25, -0.2) is 0 Å². The second-order valence-electron chi connectivity index (χ2n) is 4.72. The van der Waals surface area contributed by atoms with Crippen LogP contribution in [0, 0.1) is 6.92 Å². The molecule has 1 aromatic heterocycles. The van der Waals surface area contributed by atoms with E-state index in [1.807, 2.05) is 19.1 Å². The lowest BCUT2D eigenvalue weighted by Gasteiger charge is -2.09. The summed E-state index contributed by atoms with van der Waals surface area (Å²) in [6.07, 6.45) is 3.48. The maximum absolute atomic E-state index is 11.6. The van der Waals surface area contributed by atoms with Crippen LogP contribution >= 0.6 is 0 Å². The number of amides is 1. The first-order chi connectivity index (χ1) is 8.97. The van der Waals surface area contributed by atoms with Crippen molar-refractivity contribution in [3.8, 4) is 16.9 Å². The molecule has 1 amide bonds. The number of aromatic hydroxyl groups is 1. The number of phenolic OH excluding ortho intramolecular Hbond substituents is 1. The fourth-order valence-electron chi connectivity index (χ4n) is 1.67. The Balaban J connectivity index is 2.21. The van der Waals surface area contributed by atoms with Crippen LogP contribution in [-0.4, -0.2) is 39.8 Å². The lowest BCUT2D eigenvalue weighted by Crippen LogP contribution is -2.26. The van der Waals surface area contributed by atoms with E-state index in [1.54, 1.807) is 37.2 Å². The van der Waals surface area contributed by atoms with Crippen molar-refractivity contribution >= 4 is 5.91 Å². The molecule has 0 aliphatic heterocycles. The largest absolute Gasteiger partial charge is 0.508 e. The minimum absolute atomic E-state index is 0.0126. The predicted octanol–water partition coefficient (Wildman–Crippen LogP) is 1.65. The van der Waals surface area contributed by atoms with Gasteiger partial charge in [0.15, 0.2) is 0 Å². The second-order valence-corrected chi connectivity index (χ2v) is 4.72. The molecule has 2 aromatic rings. The van der Waals surface area contributed by atoms with E-state index in [9.17, 15) is 9.90 Å². The Bertz CT molecular complexity index is 602. The molecule has 1 aromatic carbocycles. The van der Waals surface area contributed by atoms with Gasteiger partial charge in [0.2, 0.25) is 5.91 Å². The minimum atomic E-state index is -0.0126. The molecule has 19 heavy (non-hydrogen) atoms. The summed E-state index contributed by atoms with van der Waals surface area (Å²) in [6, 6.07) is 5.47. The molecule has 0 spiro atoms. The van der Waals surface area contributed by atoms with Crippen LogP contribution in [0.1, 0.15) is 5.56 Å². The highest BCUT2D eigenvalue weighted by molar-refractivity contribution is 5.75. The molecule has 0 saturated heterocycles. The molecule has 0 atom stereocenters. The van der Waals surface area contributed by atoms with Crippen LogP contribution in [0.2, 0.25) is 0 Å². The van der Waals surface area contributed by atoms with Crippen LogP contribution in [0.15, 0.2) is 30.6 Å².